The average molecular weight is 326 g/mol. The highest BCUT2D eigenvalue weighted by Gasteiger charge is 2.22. The topological polar surface area (TPSA) is 78.7 Å². The number of hydrogen-bond acceptors (Lipinski definition) is 4. The third kappa shape index (κ3) is 2.76. The maximum atomic E-state index is 12.5. The van der Waals surface area contributed by atoms with Crippen molar-refractivity contribution in [3.63, 3.8) is 0 Å². The Hall–Kier alpha value is -1.47. The SMILES string of the molecule is CC(C)n1ncc(Br)c1C(=O)c1cn(CCN)cn1. The Balaban J connectivity index is 2.35. The van der Waals surface area contributed by atoms with Gasteiger partial charge in [-0.05, 0) is 29.8 Å². The molecule has 0 spiro atoms. The first-order valence-electron chi connectivity index (χ1n) is 6.04. The van der Waals surface area contributed by atoms with E-state index in [1.54, 1.807) is 28.0 Å². The Bertz CT molecular complexity index is 587. The Morgan fingerprint density at radius 3 is 2.89 bits per heavy atom. The highest BCUT2D eigenvalue weighted by atomic mass is 79.9. The van der Waals surface area contributed by atoms with Crippen LogP contribution < -0.4 is 5.73 Å². The predicted octanol–water partition coefficient (Wildman–Crippen LogP) is 1.61. The van der Waals surface area contributed by atoms with Crippen LogP contribution in [0.5, 0.6) is 0 Å². The molecule has 102 valence electrons. The van der Waals surface area contributed by atoms with Crippen LogP contribution in [0, 0.1) is 0 Å². The number of rotatable bonds is 5. The van der Waals surface area contributed by atoms with E-state index in [1.807, 2.05) is 13.8 Å². The number of hydrogen-bond donors (Lipinski definition) is 1. The van der Waals surface area contributed by atoms with Gasteiger partial charge in [0, 0.05) is 25.3 Å². The molecule has 2 heterocycles. The van der Waals surface area contributed by atoms with Crippen molar-refractivity contribution < 1.29 is 4.79 Å². The second-order valence-electron chi connectivity index (χ2n) is 4.49. The number of imidazole rings is 1. The first kappa shape index (κ1) is 14.0. The van der Waals surface area contributed by atoms with Gasteiger partial charge >= 0.3 is 0 Å². The fraction of sp³-hybridized carbons (Fsp3) is 0.417. The van der Waals surface area contributed by atoms with Crippen molar-refractivity contribution in [3.05, 3.63) is 34.6 Å². The van der Waals surface area contributed by atoms with E-state index in [4.69, 9.17) is 5.73 Å². The van der Waals surface area contributed by atoms with Gasteiger partial charge in [0.2, 0.25) is 5.78 Å². The molecule has 0 unspecified atom stereocenters. The Labute approximate surface area is 119 Å². The lowest BCUT2D eigenvalue weighted by Crippen LogP contribution is -2.14. The second kappa shape index (κ2) is 5.66. The maximum absolute atomic E-state index is 12.5. The summed E-state index contributed by atoms with van der Waals surface area (Å²) in [5.41, 5.74) is 6.39. The zero-order valence-corrected chi connectivity index (χ0v) is 12.5. The number of nitrogens with zero attached hydrogens (tertiary/aromatic N) is 4. The smallest absolute Gasteiger partial charge is 0.232 e. The molecule has 6 nitrogen and oxygen atoms in total. The third-order valence-corrected chi connectivity index (χ3v) is 3.29. The van der Waals surface area contributed by atoms with E-state index in [1.165, 1.54) is 0 Å². The largest absolute Gasteiger partial charge is 0.335 e. The lowest BCUT2D eigenvalue weighted by molar-refractivity contribution is 0.102. The predicted molar refractivity (Wildman–Crippen MR) is 75.0 cm³/mol. The van der Waals surface area contributed by atoms with Gasteiger partial charge in [-0.1, -0.05) is 0 Å². The van der Waals surface area contributed by atoms with Gasteiger partial charge in [0.25, 0.3) is 0 Å². The zero-order valence-electron chi connectivity index (χ0n) is 10.9. The zero-order chi connectivity index (χ0) is 14.0. The van der Waals surface area contributed by atoms with E-state index in [0.717, 1.165) is 0 Å². The number of nitrogens with two attached hydrogens (primary N) is 1. The minimum atomic E-state index is -0.145. The van der Waals surface area contributed by atoms with E-state index < -0.39 is 0 Å². The van der Waals surface area contributed by atoms with Crippen LogP contribution in [0.3, 0.4) is 0 Å². The summed E-state index contributed by atoms with van der Waals surface area (Å²) in [6, 6.07) is 0.108. The summed E-state index contributed by atoms with van der Waals surface area (Å²) in [7, 11) is 0. The molecule has 0 aromatic carbocycles. The number of ketones is 1. The molecule has 0 aliphatic heterocycles. The van der Waals surface area contributed by atoms with Gasteiger partial charge in [0.15, 0.2) is 0 Å². The fourth-order valence-corrected chi connectivity index (χ4v) is 2.27. The summed E-state index contributed by atoms with van der Waals surface area (Å²) < 4.78 is 4.17. The minimum Gasteiger partial charge on any atom is -0.335 e. The van der Waals surface area contributed by atoms with Crippen LogP contribution in [-0.4, -0.2) is 31.7 Å². The van der Waals surface area contributed by atoms with Gasteiger partial charge in [-0.2, -0.15) is 5.10 Å². The third-order valence-electron chi connectivity index (χ3n) is 2.71. The molecular weight excluding hydrogens is 310 g/mol. The van der Waals surface area contributed by atoms with Gasteiger partial charge in [0.05, 0.1) is 17.0 Å². The molecule has 0 fully saturated rings. The van der Waals surface area contributed by atoms with Crippen LogP contribution in [0.2, 0.25) is 0 Å². The molecule has 7 heteroatoms. The van der Waals surface area contributed by atoms with Gasteiger partial charge in [-0.15, -0.1) is 0 Å². The Morgan fingerprint density at radius 1 is 1.53 bits per heavy atom. The molecule has 0 aliphatic rings. The van der Waals surface area contributed by atoms with Crippen LogP contribution in [0.4, 0.5) is 0 Å². The van der Waals surface area contributed by atoms with Crippen molar-refractivity contribution >= 4 is 21.7 Å². The molecule has 19 heavy (non-hydrogen) atoms. The van der Waals surface area contributed by atoms with Crippen LogP contribution >= 0.6 is 15.9 Å². The summed E-state index contributed by atoms with van der Waals surface area (Å²) >= 11 is 3.36. The van der Waals surface area contributed by atoms with Crippen LogP contribution in [-0.2, 0) is 6.54 Å². The summed E-state index contributed by atoms with van der Waals surface area (Å²) in [5, 5.41) is 4.20. The molecule has 0 atom stereocenters. The van der Waals surface area contributed by atoms with Gasteiger partial charge < -0.3 is 10.3 Å². The van der Waals surface area contributed by atoms with Crippen molar-refractivity contribution in [2.45, 2.75) is 26.4 Å². The maximum Gasteiger partial charge on any atom is 0.232 e. The summed E-state index contributed by atoms with van der Waals surface area (Å²) in [4.78, 5) is 16.6. The van der Waals surface area contributed by atoms with Gasteiger partial charge in [-0.3, -0.25) is 9.48 Å². The molecule has 2 N–H and O–H groups in total. The summed E-state index contributed by atoms with van der Waals surface area (Å²) in [6.45, 7) is 5.11. The molecule has 0 bridgehead atoms. The Kier molecular flexibility index (Phi) is 4.16. The molecule has 2 aromatic rings. The molecule has 0 amide bonds. The van der Waals surface area contributed by atoms with E-state index >= 15 is 0 Å². The fourth-order valence-electron chi connectivity index (χ4n) is 1.82. The standard InChI is InChI=1S/C12H16BrN5O/c1-8(2)18-11(9(13)5-16-18)12(19)10-6-17(4-3-14)7-15-10/h5-8H,3-4,14H2,1-2H3. The number of carbonyl (C=O) groups excluding carboxylic acids is 1. The van der Waals surface area contributed by atoms with Crippen molar-refractivity contribution in [2.24, 2.45) is 5.73 Å². The van der Waals surface area contributed by atoms with Crippen LogP contribution in [0.15, 0.2) is 23.2 Å². The van der Waals surface area contributed by atoms with Crippen LogP contribution in [0.25, 0.3) is 0 Å². The molecule has 0 saturated heterocycles. The minimum absolute atomic E-state index is 0.108. The number of aromatic nitrogens is 4. The normalized spacial score (nSPS) is 11.2. The molecule has 0 aliphatic carbocycles. The van der Waals surface area contributed by atoms with Crippen molar-refractivity contribution in [1.29, 1.82) is 0 Å². The molecule has 0 radical (unpaired) electrons. The highest BCUT2D eigenvalue weighted by molar-refractivity contribution is 9.10. The quantitative estimate of drug-likeness (QED) is 0.847. The first-order chi connectivity index (χ1) is 9.04. The summed E-state index contributed by atoms with van der Waals surface area (Å²) in [5.74, 6) is -0.145. The molecule has 0 saturated carbocycles. The van der Waals surface area contributed by atoms with E-state index in [9.17, 15) is 4.79 Å². The van der Waals surface area contributed by atoms with Crippen LogP contribution in [0.1, 0.15) is 36.1 Å². The molecule has 2 rings (SSSR count). The van der Waals surface area contributed by atoms with Gasteiger partial charge in [-0.25, -0.2) is 4.98 Å². The lowest BCUT2D eigenvalue weighted by atomic mass is 10.2. The van der Waals surface area contributed by atoms with E-state index in [0.29, 0.717) is 29.0 Å². The van der Waals surface area contributed by atoms with Crippen molar-refractivity contribution in [2.75, 3.05) is 6.54 Å². The monoisotopic (exact) mass is 325 g/mol. The number of carbonyl (C=O) groups is 1. The second-order valence-corrected chi connectivity index (χ2v) is 5.35. The summed E-state index contributed by atoms with van der Waals surface area (Å²) in [6.07, 6.45) is 4.95. The number of halogens is 1. The highest BCUT2D eigenvalue weighted by Crippen LogP contribution is 2.22. The molecular formula is C12H16BrN5O. The molecule has 2 aromatic heterocycles. The van der Waals surface area contributed by atoms with Crippen molar-refractivity contribution in [3.8, 4) is 0 Å². The first-order valence-corrected chi connectivity index (χ1v) is 6.83. The van der Waals surface area contributed by atoms with Gasteiger partial charge in [0.1, 0.15) is 11.4 Å². The van der Waals surface area contributed by atoms with E-state index in [2.05, 4.69) is 26.0 Å². The average Bonchev–Trinajstić information content (AvgIpc) is 2.95. The lowest BCUT2D eigenvalue weighted by Gasteiger charge is -2.09. The van der Waals surface area contributed by atoms with Crippen molar-refractivity contribution in [1.82, 2.24) is 19.3 Å². The van der Waals surface area contributed by atoms with E-state index in [-0.39, 0.29) is 11.8 Å². The Morgan fingerprint density at radius 2 is 2.26 bits per heavy atom.